The van der Waals surface area contributed by atoms with E-state index in [0.717, 1.165) is 29.9 Å². The molecule has 10 nitrogen and oxygen atoms in total. The van der Waals surface area contributed by atoms with Crippen LogP contribution in [0.25, 0.3) is 22.4 Å². The number of aryl methyl sites for hydroxylation is 2. The van der Waals surface area contributed by atoms with Crippen molar-refractivity contribution < 1.29 is 14.7 Å². The maximum Gasteiger partial charge on any atom is 0.277 e. The molecule has 0 atom stereocenters. The summed E-state index contributed by atoms with van der Waals surface area (Å²) in [7, 11) is 1.75. The minimum Gasteiger partial charge on any atom is -0.493 e. The summed E-state index contributed by atoms with van der Waals surface area (Å²) >= 11 is 0. The summed E-state index contributed by atoms with van der Waals surface area (Å²) in [6.45, 7) is 6.62. The smallest absolute Gasteiger partial charge is 0.277 e. The number of aromatic nitrogens is 4. The van der Waals surface area contributed by atoms with Crippen LogP contribution in [0.5, 0.6) is 5.75 Å². The van der Waals surface area contributed by atoms with Crippen molar-refractivity contribution >= 4 is 16.9 Å². The van der Waals surface area contributed by atoms with Crippen molar-refractivity contribution in [3.8, 4) is 17.1 Å². The molecule has 3 N–H and O–H groups in total. The zero-order chi connectivity index (χ0) is 23.5. The number of piperidine rings is 1. The Morgan fingerprint density at radius 1 is 1.30 bits per heavy atom. The van der Waals surface area contributed by atoms with Crippen LogP contribution in [-0.2, 0) is 24.8 Å². The van der Waals surface area contributed by atoms with Crippen LogP contribution in [0.4, 0.5) is 0 Å². The topological polar surface area (TPSA) is 125 Å². The fourth-order valence-electron chi connectivity index (χ4n) is 4.46. The number of hydroxylamine groups is 1. The zero-order valence-corrected chi connectivity index (χ0v) is 19.2. The zero-order valence-electron chi connectivity index (χ0n) is 19.2. The van der Waals surface area contributed by atoms with Gasteiger partial charge in [-0.2, -0.15) is 5.10 Å². The number of amides is 1. The maximum atomic E-state index is 12.8. The minimum absolute atomic E-state index is 0.157. The molecule has 0 radical (unpaired) electrons. The highest BCUT2D eigenvalue weighted by Crippen LogP contribution is 2.30. The molecule has 0 bridgehead atoms. The molecule has 1 fully saturated rings. The van der Waals surface area contributed by atoms with Crippen molar-refractivity contribution in [2.24, 2.45) is 13.0 Å². The largest absolute Gasteiger partial charge is 0.493 e. The van der Waals surface area contributed by atoms with E-state index in [4.69, 9.17) is 14.9 Å². The van der Waals surface area contributed by atoms with Crippen LogP contribution in [0.15, 0.2) is 23.0 Å². The van der Waals surface area contributed by atoms with Crippen LogP contribution in [-0.4, -0.2) is 55.5 Å². The Morgan fingerprint density at radius 3 is 2.73 bits per heavy atom. The van der Waals surface area contributed by atoms with Crippen molar-refractivity contribution in [1.82, 2.24) is 30.1 Å². The lowest BCUT2D eigenvalue weighted by atomic mass is 9.96. The van der Waals surface area contributed by atoms with Gasteiger partial charge in [-0.3, -0.25) is 24.4 Å². The van der Waals surface area contributed by atoms with Gasteiger partial charge in [0.25, 0.3) is 5.56 Å². The molecule has 0 unspecified atom stereocenters. The van der Waals surface area contributed by atoms with Crippen molar-refractivity contribution in [1.29, 1.82) is 0 Å². The normalized spacial score (nSPS) is 15.2. The van der Waals surface area contributed by atoms with Crippen molar-refractivity contribution in [2.45, 2.75) is 39.7 Å². The maximum absolute atomic E-state index is 12.8. The summed E-state index contributed by atoms with van der Waals surface area (Å²) in [6.07, 6.45) is 2.07. The van der Waals surface area contributed by atoms with E-state index in [9.17, 15) is 9.59 Å². The number of nitrogens with one attached hydrogen (secondary N) is 2. The molecule has 1 aromatic carbocycles. The Bertz CT molecular complexity index is 1210. The van der Waals surface area contributed by atoms with Gasteiger partial charge >= 0.3 is 0 Å². The van der Waals surface area contributed by atoms with Crippen LogP contribution < -0.4 is 15.8 Å². The number of benzene rings is 1. The van der Waals surface area contributed by atoms with E-state index in [2.05, 4.69) is 15.0 Å². The van der Waals surface area contributed by atoms with E-state index in [-0.39, 0.29) is 17.4 Å². The third-order valence-electron chi connectivity index (χ3n) is 6.17. The lowest BCUT2D eigenvalue weighted by Crippen LogP contribution is -2.39. The van der Waals surface area contributed by atoms with E-state index in [0.29, 0.717) is 55.0 Å². The summed E-state index contributed by atoms with van der Waals surface area (Å²) in [6, 6.07) is 5.93. The Balaban J connectivity index is 1.65. The van der Waals surface area contributed by atoms with Gasteiger partial charge in [0.15, 0.2) is 5.52 Å². The predicted molar refractivity (Wildman–Crippen MR) is 123 cm³/mol. The number of nitrogens with zero attached hydrogens (tertiary/aromatic N) is 4. The van der Waals surface area contributed by atoms with Crippen molar-refractivity contribution in [3.05, 3.63) is 39.8 Å². The second-order valence-corrected chi connectivity index (χ2v) is 8.33. The summed E-state index contributed by atoms with van der Waals surface area (Å²) in [5.41, 5.74) is 5.16. The van der Waals surface area contributed by atoms with E-state index in [1.807, 2.05) is 32.0 Å². The first-order chi connectivity index (χ1) is 15.9. The number of hydrogen-bond donors (Lipinski definition) is 3. The highest BCUT2D eigenvalue weighted by atomic mass is 16.5. The third-order valence-corrected chi connectivity index (χ3v) is 6.17. The molecule has 33 heavy (non-hydrogen) atoms. The Labute approximate surface area is 191 Å². The second kappa shape index (κ2) is 9.72. The number of ether oxygens (including phenoxy) is 1. The molecule has 1 saturated heterocycles. The van der Waals surface area contributed by atoms with Crippen LogP contribution in [0.3, 0.4) is 0 Å². The van der Waals surface area contributed by atoms with Gasteiger partial charge < -0.3 is 9.72 Å². The molecule has 0 saturated carbocycles. The van der Waals surface area contributed by atoms with Gasteiger partial charge in [-0.15, -0.1) is 0 Å². The van der Waals surface area contributed by atoms with E-state index in [1.54, 1.807) is 17.2 Å². The molecule has 176 valence electrons. The molecule has 3 aromatic rings. The molecule has 1 aliphatic heterocycles. The highest BCUT2D eigenvalue weighted by molar-refractivity contribution is 5.80. The van der Waals surface area contributed by atoms with E-state index >= 15 is 0 Å². The quantitative estimate of drug-likeness (QED) is 0.368. The summed E-state index contributed by atoms with van der Waals surface area (Å²) in [5, 5.41) is 13.3. The first kappa shape index (κ1) is 22.9. The standard InChI is InChI=1S/C23H30N6O4/c1-4-17-19-20(28(3)26-17)23(31)25-21(24-19)16-12-14(6-7-18(16)33-5-2)13-29-10-8-15(9-11-29)22(30)27-32/h6-7,12,15,32H,4-5,8-11,13H2,1-3H3,(H,27,30)(H,24,25,31). The molecule has 2 aromatic heterocycles. The number of carbonyl (C=O) groups is 1. The Hall–Kier alpha value is -3.24. The second-order valence-electron chi connectivity index (χ2n) is 8.33. The van der Waals surface area contributed by atoms with Crippen LogP contribution in [0.2, 0.25) is 0 Å². The number of likely N-dealkylation sites (tertiary alicyclic amines) is 1. The van der Waals surface area contributed by atoms with E-state index < -0.39 is 0 Å². The Kier molecular flexibility index (Phi) is 6.75. The number of carbonyl (C=O) groups excluding carboxylic acids is 1. The summed E-state index contributed by atoms with van der Waals surface area (Å²) in [4.78, 5) is 34.5. The molecule has 1 aliphatic rings. The van der Waals surface area contributed by atoms with Crippen LogP contribution >= 0.6 is 0 Å². The number of hydrogen-bond acceptors (Lipinski definition) is 7. The minimum atomic E-state index is -0.315. The van der Waals surface area contributed by atoms with Gasteiger partial charge in [0.05, 0.1) is 17.9 Å². The molecular weight excluding hydrogens is 424 g/mol. The fraction of sp³-hybridized carbons (Fsp3) is 0.478. The Morgan fingerprint density at radius 2 is 2.06 bits per heavy atom. The first-order valence-electron chi connectivity index (χ1n) is 11.3. The van der Waals surface area contributed by atoms with E-state index in [1.165, 1.54) is 0 Å². The van der Waals surface area contributed by atoms with Gasteiger partial charge in [0.1, 0.15) is 17.1 Å². The average molecular weight is 455 g/mol. The highest BCUT2D eigenvalue weighted by Gasteiger charge is 2.25. The molecule has 4 rings (SSSR count). The van der Waals surface area contributed by atoms with Crippen molar-refractivity contribution in [3.63, 3.8) is 0 Å². The fourth-order valence-corrected chi connectivity index (χ4v) is 4.46. The lowest BCUT2D eigenvalue weighted by molar-refractivity contribution is -0.134. The average Bonchev–Trinajstić information content (AvgIpc) is 3.16. The number of aromatic amines is 1. The third kappa shape index (κ3) is 4.62. The first-order valence-corrected chi connectivity index (χ1v) is 11.3. The van der Waals surface area contributed by atoms with Crippen molar-refractivity contribution in [2.75, 3.05) is 19.7 Å². The molecule has 1 amide bonds. The molecule has 3 heterocycles. The number of rotatable bonds is 7. The number of H-pyrrole nitrogens is 1. The number of fused-ring (bicyclic) bond motifs is 1. The summed E-state index contributed by atoms with van der Waals surface area (Å²) in [5.74, 6) is 0.642. The molecule has 0 spiro atoms. The SMILES string of the molecule is CCOc1ccc(CN2CCC(C(=O)NO)CC2)cc1-c1nc2c(CC)nn(C)c2c(=O)[nH]1. The van der Waals surface area contributed by atoms with Gasteiger partial charge in [-0.05, 0) is 57.0 Å². The molecule has 10 heteroatoms. The molecule has 0 aliphatic carbocycles. The predicted octanol–water partition coefficient (Wildman–Crippen LogP) is 2.00. The lowest BCUT2D eigenvalue weighted by Gasteiger charge is -2.31. The van der Waals surface area contributed by atoms with Crippen LogP contribution in [0.1, 0.15) is 37.9 Å². The van der Waals surface area contributed by atoms with Gasteiger partial charge in [-0.25, -0.2) is 10.5 Å². The van der Waals surface area contributed by atoms with Gasteiger partial charge in [0.2, 0.25) is 5.91 Å². The summed E-state index contributed by atoms with van der Waals surface area (Å²) < 4.78 is 7.41. The monoisotopic (exact) mass is 454 g/mol. The molecular formula is C23H30N6O4. The van der Waals surface area contributed by atoms with Gasteiger partial charge in [0, 0.05) is 19.5 Å². The van der Waals surface area contributed by atoms with Gasteiger partial charge in [-0.1, -0.05) is 13.0 Å². The van der Waals surface area contributed by atoms with Crippen LogP contribution in [0, 0.1) is 5.92 Å².